The number of nitrogens with zero attached hydrogens (tertiary/aromatic N) is 2. The van der Waals surface area contributed by atoms with Gasteiger partial charge in [-0.25, -0.2) is 4.98 Å². The fourth-order valence-corrected chi connectivity index (χ4v) is 3.17. The van der Waals surface area contributed by atoms with Crippen LogP contribution in [0, 0.1) is 0 Å². The van der Waals surface area contributed by atoms with Gasteiger partial charge in [-0.3, -0.25) is 0 Å². The minimum Gasteiger partial charge on any atom is -0.302 e. The van der Waals surface area contributed by atoms with Gasteiger partial charge in [0, 0.05) is 10.9 Å². The van der Waals surface area contributed by atoms with E-state index in [4.69, 9.17) is 0 Å². The summed E-state index contributed by atoms with van der Waals surface area (Å²) in [4.78, 5) is 16.0. The Morgan fingerprint density at radius 2 is 2.10 bits per heavy atom. The van der Waals surface area contributed by atoms with Gasteiger partial charge in [-0.05, 0) is 17.5 Å². The van der Waals surface area contributed by atoms with Crippen molar-refractivity contribution >= 4 is 17.9 Å². The molecule has 0 fully saturated rings. The Labute approximate surface area is 122 Å². The monoisotopic (exact) mass is 274 g/mol. The van der Waals surface area contributed by atoms with Crippen LogP contribution in [0.5, 0.6) is 0 Å². The first kappa shape index (κ1) is 12.1. The van der Waals surface area contributed by atoms with Crippen LogP contribution < -0.4 is 5.22 Å². The Kier molecular flexibility index (Phi) is 2.71. The first-order valence-corrected chi connectivity index (χ1v) is 7.03. The zero-order valence-electron chi connectivity index (χ0n) is 11.4. The molecule has 0 radical (unpaired) electrons. The van der Waals surface area contributed by atoms with Gasteiger partial charge in [-0.15, -0.1) is 0 Å². The molecule has 0 amide bonds. The van der Waals surface area contributed by atoms with E-state index in [0.717, 1.165) is 29.5 Å². The van der Waals surface area contributed by atoms with Gasteiger partial charge in [0.1, 0.15) is 6.29 Å². The second-order valence-electron chi connectivity index (χ2n) is 5.25. The normalized spacial score (nSPS) is 14.7. The van der Waals surface area contributed by atoms with Gasteiger partial charge in [0.2, 0.25) is 0 Å². The molecule has 4 rings (SSSR count). The van der Waals surface area contributed by atoms with Crippen molar-refractivity contribution in [3.63, 3.8) is 0 Å². The molecule has 3 aromatic rings. The van der Waals surface area contributed by atoms with Gasteiger partial charge < -0.3 is 9.20 Å². The standard InChI is InChI=1S/C18H14N2O/c21-11-16(13-6-2-1-3-7-13)18-15-9-5-4-8-14(15)17-10-19-12-20(17)18/h1-8,10-12,16H,9H2. The van der Waals surface area contributed by atoms with Crippen molar-refractivity contribution in [2.24, 2.45) is 0 Å². The summed E-state index contributed by atoms with van der Waals surface area (Å²) in [6.45, 7) is 0. The lowest BCUT2D eigenvalue weighted by Gasteiger charge is -2.13. The van der Waals surface area contributed by atoms with E-state index in [1.807, 2.05) is 36.5 Å². The lowest BCUT2D eigenvalue weighted by atomic mass is 9.92. The molecule has 0 saturated carbocycles. The van der Waals surface area contributed by atoms with E-state index in [9.17, 15) is 4.79 Å². The summed E-state index contributed by atoms with van der Waals surface area (Å²) in [5.41, 5.74) is 4.37. The van der Waals surface area contributed by atoms with Crippen molar-refractivity contribution in [3.05, 3.63) is 77.0 Å². The van der Waals surface area contributed by atoms with Gasteiger partial charge >= 0.3 is 0 Å². The largest absolute Gasteiger partial charge is 0.302 e. The van der Waals surface area contributed by atoms with Crippen LogP contribution in [0.25, 0.3) is 11.6 Å². The molecule has 1 atom stereocenters. The molecule has 21 heavy (non-hydrogen) atoms. The molecule has 0 spiro atoms. The van der Waals surface area contributed by atoms with Crippen molar-refractivity contribution in [3.8, 4) is 0 Å². The van der Waals surface area contributed by atoms with Crippen LogP contribution in [-0.2, 0) is 11.2 Å². The number of rotatable bonds is 3. The summed E-state index contributed by atoms with van der Waals surface area (Å²) in [6.07, 6.45) is 11.9. The summed E-state index contributed by atoms with van der Waals surface area (Å²) in [6, 6.07) is 9.92. The quantitative estimate of drug-likeness (QED) is 0.687. The highest BCUT2D eigenvalue weighted by molar-refractivity contribution is 5.73. The predicted octanol–water partition coefficient (Wildman–Crippen LogP) is 2.28. The molecule has 0 bridgehead atoms. The van der Waals surface area contributed by atoms with Crippen LogP contribution in [0.3, 0.4) is 0 Å². The molecule has 0 saturated heterocycles. The van der Waals surface area contributed by atoms with Crippen molar-refractivity contribution in [1.82, 2.24) is 9.38 Å². The second-order valence-corrected chi connectivity index (χ2v) is 5.25. The average Bonchev–Trinajstić information content (AvgIpc) is 3.12. The molecule has 3 nitrogen and oxygen atoms in total. The minimum atomic E-state index is -0.258. The summed E-state index contributed by atoms with van der Waals surface area (Å²) >= 11 is 0. The topological polar surface area (TPSA) is 34.4 Å². The van der Waals surface area contributed by atoms with E-state index in [-0.39, 0.29) is 5.92 Å². The molecular weight excluding hydrogens is 260 g/mol. The highest BCUT2D eigenvalue weighted by atomic mass is 16.1. The minimum absolute atomic E-state index is 0.258. The fraction of sp³-hybridized carbons (Fsp3) is 0.111. The number of hydrogen-bond acceptors (Lipinski definition) is 2. The number of benzene rings is 1. The van der Waals surface area contributed by atoms with Gasteiger partial charge in [0.15, 0.2) is 0 Å². The molecule has 1 aromatic carbocycles. The Morgan fingerprint density at radius 3 is 2.90 bits per heavy atom. The number of aromatic nitrogens is 2. The maximum Gasteiger partial charge on any atom is 0.133 e. The molecule has 3 heteroatoms. The van der Waals surface area contributed by atoms with Crippen LogP contribution in [-0.4, -0.2) is 15.7 Å². The third-order valence-corrected chi connectivity index (χ3v) is 4.12. The highest BCUT2D eigenvalue weighted by Crippen LogP contribution is 2.27. The molecule has 0 aliphatic heterocycles. The van der Waals surface area contributed by atoms with Crippen molar-refractivity contribution in [1.29, 1.82) is 0 Å². The summed E-state index contributed by atoms with van der Waals surface area (Å²) in [5.74, 6) is -0.258. The molecule has 1 unspecified atom stereocenters. The molecular formula is C18H14N2O. The lowest BCUT2D eigenvalue weighted by molar-refractivity contribution is -0.108. The van der Waals surface area contributed by atoms with E-state index in [1.54, 1.807) is 6.33 Å². The van der Waals surface area contributed by atoms with Crippen molar-refractivity contribution in [2.45, 2.75) is 12.3 Å². The third-order valence-electron chi connectivity index (χ3n) is 4.12. The van der Waals surface area contributed by atoms with Crippen molar-refractivity contribution in [2.75, 3.05) is 0 Å². The zero-order chi connectivity index (χ0) is 14.2. The maximum absolute atomic E-state index is 11.8. The summed E-state index contributed by atoms with van der Waals surface area (Å²) in [7, 11) is 0. The highest BCUT2D eigenvalue weighted by Gasteiger charge is 2.23. The number of imidazole rings is 1. The van der Waals surface area contributed by atoms with Crippen LogP contribution >= 0.6 is 0 Å². The smallest absolute Gasteiger partial charge is 0.133 e. The van der Waals surface area contributed by atoms with E-state index in [1.165, 1.54) is 10.8 Å². The first-order chi connectivity index (χ1) is 10.4. The van der Waals surface area contributed by atoms with Crippen LogP contribution in [0.15, 0.2) is 55.0 Å². The van der Waals surface area contributed by atoms with Gasteiger partial charge in [0.25, 0.3) is 0 Å². The lowest BCUT2D eigenvalue weighted by Crippen LogP contribution is -2.12. The predicted molar refractivity (Wildman–Crippen MR) is 82.1 cm³/mol. The maximum atomic E-state index is 11.8. The number of aldehydes is 1. The molecule has 0 N–H and O–H groups in total. The second kappa shape index (κ2) is 4.70. The number of allylic oxidation sites excluding steroid dienone is 2. The van der Waals surface area contributed by atoms with Gasteiger partial charge in [-0.1, -0.05) is 48.6 Å². The molecule has 1 aliphatic carbocycles. The van der Waals surface area contributed by atoms with E-state index in [2.05, 4.69) is 27.6 Å². The van der Waals surface area contributed by atoms with E-state index < -0.39 is 0 Å². The molecule has 2 heterocycles. The third kappa shape index (κ3) is 1.74. The number of carbonyl (C=O) groups excluding carboxylic acids is 1. The number of hydrogen-bond donors (Lipinski definition) is 0. The SMILES string of the molecule is O=CC(c1ccccc1)c1c2c(c3cncn13)=CC=CC2. The Hall–Kier alpha value is -2.68. The zero-order valence-corrected chi connectivity index (χ0v) is 11.4. The number of fused-ring (bicyclic) bond motifs is 3. The van der Waals surface area contributed by atoms with E-state index >= 15 is 0 Å². The Morgan fingerprint density at radius 1 is 1.24 bits per heavy atom. The average molecular weight is 274 g/mol. The Bertz CT molecular complexity index is 890. The molecule has 102 valence electrons. The van der Waals surface area contributed by atoms with Crippen molar-refractivity contribution < 1.29 is 4.79 Å². The first-order valence-electron chi connectivity index (χ1n) is 7.03. The van der Waals surface area contributed by atoms with Crippen LogP contribution in [0.2, 0.25) is 0 Å². The fourth-order valence-electron chi connectivity index (χ4n) is 3.17. The summed E-state index contributed by atoms with van der Waals surface area (Å²) < 4.78 is 2.06. The molecule has 2 aromatic heterocycles. The summed E-state index contributed by atoms with van der Waals surface area (Å²) in [5, 5.41) is 1.19. The van der Waals surface area contributed by atoms with Gasteiger partial charge in [0.05, 0.1) is 24.0 Å². The number of carbonyl (C=O) groups is 1. The van der Waals surface area contributed by atoms with E-state index in [0.29, 0.717) is 0 Å². The van der Waals surface area contributed by atoms with Crippen LogP contribution in [0.4, 0.5) is 0 Å². The Balaban J connectivity index is 2.02. The molecule has 1 aliphatic rings. The van der Waals surface area contributed by atoms with Gasteiger partial charge in [-0.2, -0.15) is 0 Å². The van der Waals surface area contributed by atoms with Crippen LogP contribution in [0.1, 0.15) is 22.7 Å².